The van der Waals surface area contributed by atoms with E-state index in [2.05, 4.69) is 0 Å². The first kappa shape index (κ1) is 12.8. The van der Waals surface area contributed by atoms with Gasteiger partial charge in [0.1, 0.15) is 7.80 Å². The molecule has 2 aromatic carbocycles. The molecule has 0 bridgehead atoms. The highest BCUT2D eigenvalue weighted by molar-refractivity contribution is 7.61. The Balaban J connectivity index is 2.41. The summed E-state index contributed by atoms with van der Waals surface area (Å²) in [6, 6.07) is 5.57. The molecule has 0 N–H and O–H groups in total. The van der Waals surface area contributed by atoms with Gasteiger partial charge in [-0.15, -0.1) is 0 Å². The Kier molecular flexibility index (Phi) is 3.53. The standard InChI is InChI=1S/C12H7F4OP/c13-9-3-1-7(5-11(9)15)18(17)8-2-4-10(14)12(16)6-8/h1-6,18H. The molecule has 2 aromatic rings. The smallest absolute Gasteiger partial charge is 0.159 e. The molecule has 0 radical (unpaired) electrons. The van der Waals surface area contributed by atoms with Crippen LogP contribution < -0.4 is 10.6 Å². The van der Waals surface area contributed by atoms with E-state index in [-0.39, 0.29) is 10.6 Å². The largest absolute Gasteiger partial charge is 0.317 e. The van der Waals surface area contributed by atoms with Crippen molar-refractivity contribution in [2.45, 2.75) is 0 Å². The minimum absolute atomic E-state index is 0.0462. The molecule has 0 aliphatic heterocycles. The van der Waals surface area contributed by atoms with E-state index in [1.54, 1.807) is 0 Å². The molecule has 0 spiro atoms. The van der Waals surface area contributed by atoms with Crippen LogP contribution in [-0.4, -0.2) is 0 Å². The maximum absolute atomic E-state index is 13.0. The molecule has 0 fully saturated rings. The normalized spacial score (nSPS) is 10.9. The van der Waals surface area contributed by atoms with E-state index >= 15 is 0 Å². The van der Waals surface area contributed by atoms with Gasteiger partial charge in [0.15, 0.2) is 23.3 Å². The summed E-state index contributed by atoms with van der Waals surface area (Å²) >= 11 is 0. The molecular weight excluding hydrogens is 267 g/mol. The summed E-state index contributed by atoms with van der Waals surface area (Å²) in [4.78, 5) is 0. The SMILES string of the molecule is O=[PH](c1ccc(F)c(F)c1)c1ccc(F)c(F)c1. The lowest BCUT2D eigenvalue weighted by Gasteiger charge is -2.04. The van der Waals surface area contributed by atoms with E-state index in [0.29, 0.717) is 0 Å². The van der Waals surface area contributed by atoms with Crippen LogP contribution in [0.15, 0.2) is 36.4 Å². The average Bonchev–Trinajstić information content (AvgIpc) is 2.35. The van der Waals surface area contributed by atoms with Gasteiger partial charge in [0.25, 0.3) is 0 Å². The molecule has 0 aromatic heterocycles. The molecule has 0 saturated heterocycles. The molecule has 18 heavy (non-hydrogen) atoms. The second kappa shape index (κ2) is 4.94. The third-order valence-corrected chi connectivity index (χ3v) is 4.03. The molecule has 6 heteroatoms. The Morgan fingerprint density at radius 1 is 0.667 bits per heavy atom. The summed E-state index contributed by atoms with van der Waals surface area (Å²) in [6.07, 6.45) is 0. The Hall–Kier alpha value is -1.61. The van der Waals surface area contributed by atoms with Gasteiger partial charge in [0, 0.05) is 10.6 Å². The van der Waals surface area contributed by atoms with Gasteiger partial charge < -0.3 is 4.57 Å². The summed E-state index contributed by atoms with van der Waals surface area (Å²) in [5.74, 6) is -4.38. The summed E-state index contributed by atoms with van der Waals surface area (Å²) in [7, 11) is -2.69. The molecule has 1 nitrogen and oxygen atoms in total. The van der Waals surface area contributed by atoms with Gasteiger partial charge in [-0.2, -0.15) is 0 Å². The lowest BCUT2D eigenvalue weighted by molar-refractivity contribution is 0.509. The highest BCUT2D eigenvalue weighted by Crippen LogP contribution is 2.21. The van der Waals surface area contributed by atoms with E-state index < -0.39 is 31.1 Å². The highest BCUT2D eigenvalue weighted by atomic mass is 31.1. The fraction of sp³-hybridized carbons (Fsp3) is 0. The van der Waals surface area contributed by atoms with Gasteiger partial charge in [-0.05, 0) is 36.4 Å². The number of benzene rings is 2. The van der Waals surface area contributed by atoms with Gasteiger partial charge >= 0.3 is 0 Å². The third-order valence-electron chi connectivity index (χ3n) is 2.36. The molecule has 94 valence electrons. The lowest BCUT2D eigenvalue weighted by Crippen LogP contribution is -2.09. The molecule has 0 aliphatic carbocycles. The molecule has 0 unspecified atom stereocenters. The second-order valence-electron chi connectivity index (χ2n) is 3.59. The van der Waals surface area contributed by atoms with E-state index in [9.17, 15) is 22.1 Å². The fourth-order valence-electron chi connectivity index (χ4n) is 1.44. The average molecular weight is 274 g/mol. The Bertz CT molecular complexity index is 574. The van der Waals surface area contributed by atoms with Crippen LogP contribution in [0, 0.1) is 23.3 Å². The first-order chi connectivity index (χ1) is 8.49. The minimum atomic E-state index is -2.69. The number of hydrogen-bond acceptors (Lipinski definition) is 1. The Morgan fingerprint density at radius 3 is 1.39 bits per heavy atom. The second-order valence-corrected chi connectivity index (χ2v) is 5.40. The van der Waals surface area contributed by atoms with Crippen molar-refractivity contribution in [3.63, 3.8) is 0 Å². The van der Waals surface area contributed by atoms with Gasteiger partial charge in [0.05, 0.1) is 0 Å². The van der Waals surface area contributed by atoms with Crippen molar-refractivity contribution in [3.8, 4) is 0 Å². The summed E-state index contributed by atoms with van der Waals surface area (Å²) < 4.78 is 63.3. The molecular formula is C12H7F4OP. The molecule has 0 aliphatic rings. The van der Waals surface area contributed by atoms with Crippen molar-refractivity contribution in [1.29, 1.82) is 0 Å². The van der Waals surface area contributed by atoms with E-state index in [0.717, 1.165) is 36.4 Å². The molecule has 0 amide bonds. The first-order valence-corrected chi connectivity index (χ1v) is 6.34. The van der Waals surface area contributed by atoms with Crippen LogP contribution in [-0.2, 0) is 4.57 Å². The summed E-state index contributed by atoms with van der Waals surface area (Å²) in [5.41, 5.74) is 0. The van der Waals surface area contributed by atoms with Crippen molar-refractivity contribution in [2.75, 3.05) is 0 Å². The third kappa shape index (κ3) is 2.46. The number of hydrogen-bond donors (Lipinski definition) is 0. The van der Waals surface area contributed by atoms with Crippen molar-refractivity contribution in [2.24, 2.45) is 0 Å². The van der Waals surface area contributed by atoms with Gasteiger partial charge in [-0.25, -0.2) is 17.6 Å². The molecule has 0 saturated carbocycles. The van der Waals surface area contributed by atoms with Crippen molar-refractivity contribution in [1.82, 2.24) is 0 Å². The van der Waals surface area contributed by atoms with Crippen LogP contribution in [0.1, 0.15) is 0 Å². The van der Waals surface area contributed by atoms with Crippen LogP contribution in [0.2, 0.25) is 0 Å². The van der Waals surface area contributed by atoms with Gasteiger partial charge in [-0.1, -0.05) is 0 Å². The van der Waals surface area contributed by atoms with Crippen LogP contribution in [0.4, 0.5) is 17.6 Å². The topological polar surface area (TPSA) is 17.1 Å². The van der Waals surface area contributed by atoms with Crippen molar-refractivity contribution >= 4 is 18.4 Å². The molecule has 2 rings (SSSR count). The predicted octanol–water partition coefficient (Wildman–Crippen LogP) is 2.75. The number of rotatable bonds is 2. The quantitative estimate of drug-likeness (QED) is 0.608. The lowest BCUT2D eigenvalue weighted by atomic mass is 10.3. The van der Waals surface area contributed by atoms with Gasteiger partial charge in [0.2, 0.25) is 0 Å². The van der Waals surface area contributed by atoms with Crippen LogP contribution in [0.5, 0.6) is 0 Å². The van der Waals surface area contributed by atoms with Crippen molar-refractivity contribution in [3.05, 3.63) is 59.7 Å². The van der Waals surface area contributed by atoms with Gasteiger partial charge in [-0.3, -0.25) is 0 Å². The monoisotopic (exact) mass is 274 g/mol. The maximum Gasteiger partial charge on any atom is 0.159 e. The highest BCUT2D eigenvalue weighted by Gasteiger charge is 2.12. The zero-order chi connectivity index (χ0) is 13.3. The summed E-state index contributed by atoms with van der Waals surface area (Å²) in [6.45, 7) is 0. The van der Waals surface area contributed by atoms with Crippen molar-refractivity contribution < 1.29 is 22.1 Å². The predicted molar refractivity (Wildman–Crippen MR) is 61.0 cm³/mol. The molecule has 0 atom stereocenters. The van der Waals surface area contributed by atoms with Crippen LogP contribution in [0.3, 0.4) is 0 Å². The maximum atomic E-state index is 13.0. The fourth-order valence-corrected chi connectivity index (χ4v) is 2.76. The zero-order valence-electron chi connectivity index (χ0n) is 8.88. The van der Waals surface area contributed by atoms with E-state index in [4.69, 9.17) is 0 Å². The van der Waals surface area contributed by atoms with E-state index in [1.807, 2.05) is 0 Å². The Labute approximate surface area is 101 Å². The van der Waals surface area contributed by atoms with Crippen LogP contribution in [0.25, 0.3) is 0 Å². The minimum Gasteiger partial charge on any atom is -0.317 e. The summed E-state index contributed by atoms with van der Waals surface area (Å²) in [5, 5.41) is 0.0924. The zero-order valence-corrected chi connectivity index (χ0v) is 9.88. The first-order valence-electron chi connectivity index (χ1n) is 4.94. The molecule has 0 heterocycles. The Morgan fingerprint density at radius 2 is 1.06 bits per heavy atom. The van der Waals surface area contributed by atoms with Crippen LogP contribution >= 0.6 is 7.80 Å². The van der Waals surface area contributed by atoms with E-state index in [1.165, 1.54) is 0 Å². The number of halogens is 4.